The molecule has 2 rings (SSSR count). The molecular weight excluding hydrogens is 314 g/mol. The average Bonchev–Trinajstić information content (AvgIpc) is 2.47. The van der Waals surface area contributed by atoms with Crippen LogP contribution in [0.4, 0.5) is 5.69 Å². The molecule has 1 aromatic rings. The quantitative estimate of drug-likeness (QED) is 0.804. The van der Waals surface area contributed by atoms with E-state index in [2.05, 4.69) is 12.2 Å². The summed E-state index contributed by atoms with van der Waals surface area (Å²) in [5.74, 6) is 0.638. The molecule has 2 N–H and O–H groups in total. The summed E-state index contributed by atoms with van der Waals surface area (Å²) in [5, 5.41) is 2.84. The third kappa shape index (κ3) is 4.76. The van der Waals surface area contributed by atoms with Crippen LogP contribution in [0.25, 0.3) is 0 Å². The Hall–Kier alpha value is -1.44. The summed E-state index contributed by atoms with van der Waals surface area (Å²) < 4.78 is 25.2. The van der Waals surface area contributed by atoms with Gasteiger partial charge in [-0.15, -0.1) is 0 Å². The number of quaternary nitrogens is 1. The van der Waals surface area contributed by atoms with E-state index >= 15 is 0 Å². The van der Waals surface area contributed by atoms with Gasteiger partial charge in [0.2, 0.25) is 10.0 Å². The highest BCUT2D eigenvalue weighted by Gasteiger charge is 2.22. The second kappa shape index (κ2) is 7.42. The Morgan fingerprint density at radius 1 is 1.30 bits per heavy atom. The molecule has 1 aliphatic heterocycles. The summed E-state index contributed by atoms with van der Waals surface area (Å²) in [6.07, 6.45) is 2.41. The number of sulfonamides is 1. The number of benzene rings is 1. The Morgan fingerprint density at radius 2 is 1.96 bits per heavy atom. The summed E-state index contributed by atoms with van der Waals surface area (Å²) in [5.41, 5.74) is 0.622. The molecule has 0 radical (unpaired) electrons. The van der Waals surface area contributed by atoms with E-state index in [1.54, 1.807) is 12.1 Å². The summed E-state index contributed by atoms with van der Waals surface area (Å²) in [4.78, 5) is 13.7. The van der Waals surface area contributed by atoms with Gasteiger partial charge in [0.05, 0.1) is 18.0 Å². The van der Waals surface area contributed by atoms with Crippen molar-refractivity contribution >= 4 is 21.6 Å². The van der Waals surface area contributed by atoms with Crippen LogP contribution in [0.5, 0.6) is 0 Å². The van der Waals surface area contributed by atoms with Crippen LogP contribution in [0.15, 0.2) is 29.2 Å². The molecule has 1 unspecified atom stereocenters. The van der Waals surface area contributed by atoms with E-state index in [9.17, 15) is 13.2 Å². The van der Waals surface area contributed by atoms with Gasteiger partial charge in [0.1, 0.15) is 0 Å². The van der Waals surface area contributed by atoms with Crippen molar-refractivity contribution < 1.29 is 18.1 Å². The highest BCUT2D eigenvalue weighted by molar-refractivity contribution is 7.89. The zero-order valence-corrected chi connectivity index (χ0v) is 14.8. The number of hydrogen-bond donors (Lipinski definition) is 2. The third-order valence-electron chi connectivity index (χ3n) is 4.19. The van der Waals surface area contributed by atoms with Gasteiger partial charge in [0, 0.05) is 25.7 Å². The van der Waals surface area contributed by atoms with Crippen LogP contribution in [-0.4, -0.2) is 52.4 Å². The number of carbonyl (C=O) groups is 1. The molecule has 1 fully saturated rings. The number of amides is 1. The fourth-order valence-electron chi connectivity index (χ4n) is 2.91. The van der Waals surface area contributed by atoms with Gasteiger partial charge in [-0.1, -0.05) is 6.92 Å². The highest BCUT2D eigenvalue weighted by atomic mass is 32.2. The lowest BCUT2D eigenvalue weighted by Crippen LogP contribution is -3.14. The van der Waals surface area contributed by atoms with Crippen molar-refractivity contribution in [3.63, 3.8) is 0 Å². The van der Waals surface area contributed by atoms with Gasteiger partial charge in [-0.2, -0.15) is 0 Å². The van der Waals surface area contributed by atoms with Crippen LogP contribution < -0.4 is 10.2 Å². The van der Waals surface area contributed by atoms with E-state index < -0.39 is 10.0 Å². The Labute approximate surface area is 138 Å². The standard InChI is InChI=1S/C16H25N3O3S/c1-13-5-4-10-19(11-13)12-16(20)17-14-6-8-15(9-7-14)23(21,22)18(2)3/h6-9,13H,4-5,10-12H2,1-3H3,(H,17,20)/p+1/t13-/m0/s1. The highest BCUT2D eigenvalue weighted by Crippen LogP contribution is 2.16. The van der Waals surface area contributed by atoms with Gasteiger partial charge in [0.25, 0.3) is 5.91 Å². The topological polar surface area (TPSA) is 70.9 Å². The number of hydrogen-bond acceptors (Lipinski definition) is 3. The maximum atomic E-state index is 12.1. The lowest BCUT2D eigenvalue weighted by molar-refractivity contribution is -0.900. The first-order chi connectivity index (χ1) is 10.8. The van der Waals surface area contributed by atoms with Crippen molar-refractivity contribution in [2.75, 3.05) is 39.0 Å². The van der Waals surface area contributed by atoms with Crippen LogP contribution in [-0.2, 0) is 14.8 Å². The number of piperidine rings is 1. The molecule has 1 heterocycles. The van der Waals surface area contributed by atoms with Crippen LogP contribution in [0.1, 0.15) is 19.8 Å². The molecule has 0 aliphatic carbocycles. The van der Waals surface area contributed by atoms with Gasteiger partial charge in [0.15, 0.2) is 6.54 Å². The molecule has 6 nitrogen and oxygen atoms in total. The van der Waals surface area contributed by atoms with Gasteiger partial charge < -0.3 is 10.2 Å². The zero-order chi connectivity index (χ0) is 17.0. The Bertz CT molecular complexity index is 641. The number of likely N-dealkylation sites (tertiary alicyclic amines) is 1. The molecule has 128 valence electrons. The molecule has 23 heavy (non-hydrogen) atoms. The molecule has 0 spiro atoms. The molecule has 1 aliphatic rings. The van der Waals surface area contributed by atoms with E-state index in [0.29, 0.717) is 18.2 Å². The number of rotatable bonds is 5. The smallest absolute Gasteiger partial charge is 0.279 e. The van der Waals surface area contributed by atoms with Gasteiger partial charge >= 0.3 is 0 Å². The Kier molecular flexibility index (Phi) is 5.78. The first kappa shape index (κ1) is 17.9. The number of anilines is 1. The molecule has 7 heteroatoms. The van der Waals surface area contributed by atoms with Crippen LogP contribution in [0.2, 0.25) is 0 Å². The van der Waals surface area contributed by atoms with Crippen LogP contribution in [0, 0.1) is 5.92 Å². The van der Waals surface area contributed by atoms with Crippen LogP contribution >= 0.6 is 0 Å². The number of nitrogens with one attached hydrogen (secondary N) is 2. The van der Waals surface area contributed by atoms with Crippen molar-refractivity contribution in [2.45, 2.75) is 24.7 Å². The molecular formula is C16H26N3O3S+. The minimum atomic E-state index is -3.43. The molecule has 2 atom stereocenters. The van der Waals surface area contributed by atoms with Crippen molar-refractivity contribution in [1.29, 1.82) is 0 Å². The molecule has 1 saturated heterocycles. The van der Waals surface area contributed by atoms with Gasteiger partial charge in [-0.3, -0.25) is 4.79 Å². The number of carbonyl (C=O) groups excluding carboxylic acids is 1. The minimum Gasteiger partial charge on any atom is -0.327 e. The predicted molar refractivity (Wildman–Crippen MR) is 89.9 cm³/mol. The van der Waals surface area contributed by atoms with Gasteiger partial charge in [-0.05, 0) is 37.1 Å². The van der Waals surface area contributed by atoms with E-state index in [4.69, 9.17) is 0 Å². The maximum absolute atomic E-state index is 12.1. The largest absolute Gasteiger partial charge is 0.327 e. The van der Waals surface area contributed by atoms with E-state index in [-0.39, 0.29) is 10.8 Å². The molecule has 0 bridgehead atoms. The lowest BCUT2D eigenvalue weighted by atomic mass is 10.0. The zero-order valence-electron chi connectivity index (χ0n) is 14.0. The Morgan fingerprint density at radius 3 is 2.52 bits per heavy atom. The van der Waals surface area contributed by atoms with E-state index in [1.165, 1.54) is 48.3 Å². The number of nitrogens with zero attached hydrogens (tertiary/aromatic N) is 1. The normalized spacial score (nSPS) is 22.1. The molecule has 1 aromatic carbocycles. The SMILES string of the molecule is C[C@H]1CCC[NH+](CC(=O)Nc2ccc(S(=O)(=O)N(C)C)cc2)C1. The van der Waals surface area contributed by atoms with Crippen molar-refractivity contribution in [3.8, 4) is 0 Å². The first-order valence-electron chi connectivity index (χ1n) is 7.95. The monoisotopic (exact) mass is 340 g/mol. The third-order valence-corrected chi connectivity index (χ3v) is 6.02. The maximum Gasteiger partial charge on any atom is 0.279 e. The fraction of sp³-hybridized carbons (Fsp3) is 0.562. The minimum absolute atomic E-state index is 0.0303. The molecule has 0 saturated carbocycles. The summed E-state index contributed by atoms with van der Waals surface area (Å²) >= 11 is 0. The van der Waals surface area contributed by atoms with Gasteiger partial charge in [-0.25, -0.2) is 12.7 Å². The second-order valence-corrected chi connectivity index (χ2v) is 8.64. The lowest BCUT2D eigenvalue weighted by Gasteiger charge is -2.27. The van der Waals surface area contributed by atoms with Crippen LogP contribution in [0.3, 0.4) is 0 Å². The average molecular weight is 340 g/mol. The molecule has 0 aromatic heterocycles. The van der Waals surface area contributed by atoms with E-state index in [0.717, 1.165) is 13.1 Å². The first-order valence-corrected chi connectivity index (χ1v) is 9.39. The summed E-state index contributed by atoms with van der Waals surface area (Å²) in [6, 6.07) is 6.28. The summed E-state index contributed by atoms with van der Waals surface area (Å²) in [6.45, 7) is 4.76. The summed E-state index contributed by atoms with van der Waals surface area (Å²) in [7, 11) is -0.448. The second-order valence-electron chi connectivity index (χ2n) is 6.49. The predicted octanol–water partition coefficient (Wildman–Crippen LogP) is 0.190. The van der Waals surface area contributed by atoms with E-state index in [1.807, 2.05) is 0 Å². The Balaban J connectivity index is 1.94. The fourth-order valence-corrected chi connectivity index (χ4v) is 3.81. The molecule has 1 amide bonds. The van der Waals surface area contributed by atoms with Crippen molar-refractivity contribution in [1.82, 2.24) is 4.31 Å². The van der Waals surface area contributed by atoms with Crippen molar-refractivity contribution in [3.05, 3.63) is 24.3 Å². The van der Waals surface area contributed by atoms with Crippen molar-refractivity contribution in [2.24, 2.45) is 5.92 Å².